The molecule has 0 saturated carbocycles. The first kappa shape index (κ1) is 12.5. The fourth-order valence-corrected chi connectivity index (χ4v) is 1.35. The van der Waals surface area contributed by atoms with Crippen LogP contribution in [0.1, 0.15) is 59.3 Å². The van der Waals surface area contributed by atoms with Crippen LogP contribution < -0.4 is 0 Å². The average molecular weight is 184 g/mol. The fraction of sp³-hybridized carbons (Fsp3) is 0.833. The molecule has 1 heteroatoms. The van der Waals surface area contributed by atoms with Crippen LogP contribution in [-0.2, 0) is 4.74 Å². The molecule has 0 aliphatic carbocycles. The maximum Gasteiger partial charge on any atom is 0.0979 e. The van der Waals surface area contributed by atoms with Gasteiger partial charge in [-0.3, -0.25) is 0 Å². The summed E-state index contributed by atoms with van der Waals surface area (Å²) in [6, 6.07) is 0. The van der Waals surface area contributed by atoms with Crippen LogP contribution in [0.5, 0.6) is 0 Å². The van der Waals surface area contributed by atoms with Gasteiger partial charge in [-0.2, -0.15) is 0 Å². The maximum atomic E-state index is 5.75. The third kappa shape index (κ3) is 6.68. The summed E-state index contributed by atoms with van der Waals surface area (Å²) in [4.78, 5) is 0. The van der Waals surface area contributed by atoms with Gasteiger partial charge in [-0.15, -0.1) is 0 Å². The van der Waals surface area contributed by atoms with Crippen molar-refractivity contribution in [1.82, 2.24) is 0 Å². The molecule has 1 nitrogen and oxygen atoms in total. The van der Waals surface area contributed by atoms with Crippen molar-refractivity contribution in [3.8, 4) is 0 Å². The van der Waals surface area contributed by atoms with E-state index in [0.29, 0.717) is 6.10 Å². The summed E-state index contributed by atoms with van der Waals surface area (Å²) in [6.45, 7) is 10.5. The lowest BCUT2D eigenvalue weighted by Crippen LogP contribution is -2.10. The highest BCUT2D eigenvalue weighted by Gasteiger charge is 2.07. The van der Waals surface area contributed by atoms with Crippen molar-refractivity contribution >= 4 is 0 Å². The molecule has 0 amide bonds. The summed E-state index contributed by atoms with van der Waals surface area (Å²) in [6.07, 6.45) is 7.32. The van der Waals surface area contributed by atoms with E-state index in [0.717, 1.165) is 25.0 Å². The largest absolute Gasteiger partial charge is 0.495 e. The van der Waals surface area contributed by atoms with E-state index in [4.69, 9.17) is 4.74 Å². The van der Waals surface area contributed by atoms with E-state index in [1.165, 1.54) is 19.3 Å². The van der Waals surface area contributed by atoms with Gasteiger partial charge in [0.25, 0.3) is 0 Å². The van der Waals surface area contributed by atoms with E-state index in [9.17, 15) is 0 Å². The SMILES string of the molecule is C=C(CCC)OC(CC)CCCC. The minimum absolute atomic E-state index is 0.402. The Morgan fingerprint density at radius 3 is 2.38 bits per heavy atom. The molecule has 0 radical (unpaired) electrons. The van der Waals surface area contributed by atoms with Gasteiger partial charge in [-0.1, -0.05) is 40.2 Å². The predicted octanol–water partition coefficient (Wildman–Crippen LogP) is 4.29. The van der Waals surface area contributed by atoms with E-state index >= 15 is 0 Å². The van der Waals surface area contributed by atoms with Gasteiger partial charge in [0.1, 0.15) is 0 Å². The van der Waals surface area contributed by atoms with Crippen molar-refractivity contribution in [3.05, 3.63) is 12.3 Å². The number of allylic oxidation sites excluding steroid dienone is 1. The highest BCUT2D eigenvalue weighted by atomic mass is 16.5. The normalized spacial score (nSPS) is 12.5. The first-order chi connectivity index (χ1) is 6.24. The Labute approximate surface area is 83.2 Å². The second-order valence-corrected chi connectivity index (χ2v) is 3.58. The zero-order chi connectivity index (χ0) is 10.1. The third-order valence-corrected chi connectivity index (χ3v) is 2.20. The number of hydrogen-bond acceptors (Lipinski definition) is 1. The van der Waals surface area contributed by atoms with Crippen molar-refractivity contribution in [1.29, 1.82) is 0 Å². The van der Waals surface area contributed by atoms with Crippen molar-refractivity contribution in [2.24, 2.45) is 0 Å². The van der Waals surface area contributed by atoms with E-state index in [-0.39, 0.29) is 0 Å². The van der Waals surface area contributed by atoms with Crippen LogP contribution >= 0.6 is 0 Å². The van der Waals surface area contributed by atoms with Crippen LogP contribution in [0.15, 0.2) is 12.3 Å². The molecule has 0 aromatic heterocycles. The van der Waals surface area contributed by atoms with Crippen LogP contribution in [0, 0.1) is 0 Å². The second-order valence-electron chi connectivity index (χ2n) is 3.58. The lowest BCUT2D eigenvalue weighted by Gasteiger charge is -2.18. The Hall–Kier alpha value is -0.460. The molecule has 1 atom stereocenters. The van der Waals surface area contributed by atoms with Crippen LogP contribution in [-0.4, -0.2) is 6.10 Å². The summed E-state index contributed by atoms with van der Waals surface area (Å²) < 4.78 is 5.75. The van der Waals surface area contributed by atoms with Gasteiger partial charge < -0.3 is 4.74 Å². The molecule has 13 heavy (non-hydrogen) atoms. The zero-order valence-corrected chi connectivity index (χ0v) is 9.44. The van der Waals surface area contributed by atoms with Gasteiger partial charge >= 0.3 is 0 Å². The molecule has 0 N–H and O–H groups in total. The molecule has 0 aliphatic heterocycles. The quantitative estimate of drug-likeness (QED) is 0.511. The van der Waals surface area contributed by atoms with Gasteiger partial charge in [0.15, 0.2) is 0 Å². The summed E-state index contributed by atoms with van der Waals surface area (Å²) in [5, 5.41) is 0. The highest BCUT2D eigenvalue weighted by Crippen LogP contribution is 2.14. The third-order valence-electron chi connectivity index (χ3n) is 2.20. The molecule has 0 aliphatic rings. The molecule has 0 saturated heterocycles. The van der Waals surface area contributed by atoms with Crippen LogP contribution in [0.2, 0.25) is 0 Å². The predicted molar refractivity (Wildman–Crippen MR) is 58.7 cm³/mol. The number of unbranched alkanes of at least 4 members (excludes halogenated alkanes) is 1. The Kier molecular flexibility index (Phi) is 7.86. The van der Waals surface area contributed by atoms with Crippen LogP contribution in [0.4, 0.5) is 0 Å². The molecule has 0 fully saturated rings. The molecule has 1 unspecified atom stereocenters. The van der Waals surface area contributed by atoms with Gasteiger partial charge in [-0.25, -0.2) is 0 Å². The second kappa shape index (κ2) is 8.15. The van der Waals surface area contributed by atoms with E-state index in [1.807, 2.05) is 0 Å². The molecule has 0 rings (SSSR count). The first-order valence-corrected chi connectivity index (χ1v) is 5.58. The van der Waals surface area contributed by atoms with Crippen LogP contribution in [0.3, 0.4) is 0 Å². The molecule has 0 bridgehead atoms. The van der Waals surface area contributed by atoms with E-state index in [1.54, 1.807) is 0 Å². The fourth-order valence-electron chi connectivity index (χ4n) is 1.35. The number of rotatable bonds is 8. The van der Waals surface area contributed by atoms with E-state index < -0.39 is 0 Å². The van der Waals surface area contributed by atoms with Gasteiger partial charge in [0, 0.05) is 6.42 Å². The Morgan fingerprint density at radius 1 is 1.23 bits per heavy atom. The van der Waals surface area contributed by atoms with Gasteiger partial charge in [0.05, 0.1) is 11.9 Å². The molecule has 78 valence electrons. The molecule has 0 spiro atoms. The van der Waals surface area contributed by atoms with Gasteiger partial charge in [0.2, 0.25) is 0 Å². The Balaban J connectivity index is 3.62. The summed E-state index contributed by atoms with van der Waals surface area (Å²) in [5.41, 5.74) is 0. The number of ether oxygens (including phenoxy) is 1. The summed E-state index contributed by atoms with van der Waals surface area (Å²) in [5.74, 6) is 0.963. The minimum atomic E-state index is 0.402. The van der Waals surface area contributed by atoms with Crippen LogP contribution in [0.25, 0.3) is 0 Å². The standard InChI is InChI=1S/C12H24O/c1-5-8-10-12(7-3)13-11(4)9-6-2/h12H,4-10H2,1-3H3. The zero-order valence-electron chi connectivity index (χ0n) is 9.44. The van der Waals surface area contributed by atoms with Crippen molar-refractivity contribution in [3.63, 3.8) is 0 Å². The monoisotopic (exact) mass is 184 g/mol. The highest BCUT2D eigenvalue weighted by molar-refractivity contribution is 4.83. The first-order valence-electron chi connectivity index (χ1n) is 5.58. The topological polar surface area (TPSA) is 9.23 Å². The van der Waals surface area contributed by atoms with E-state index in [2.05, 4.69) is 27.4 Å². The lowest BCUT2D eigenvalue weighted by molar-refractivity contribution is 0.0972. The van der Waals surface area contributed by atoms with Gasteiger partial charge in [-0.05, 0) is 19.3 Å². The van der Waals surface area contributed by atoms with Crippen molar-refractivity contribution in [2.45, 2.75) is 65.4 Å². The summed E-state index contributed by atoms with van der Waals surface area (Å²) >= 11 is 0. The molecular weight excluding hydrogens is 160 g/mol. The Morgan fingerprint density at radius 2 is 1.92 bits per heavy atom. The molecule has 0 aromatic carbocycles. The molecular formula is C12H24O. The Bertz CT molecular complexity index is 129. The van der Waals surface area contributed by atoms with Crippen molar-refractivity contribution in [2.75, 3.05) is 0 Å². The molecule has 0 aromatic rings. The van der Waals surface area contributed by atoms with Crippen molar-refractivity contribution < 1.29 is 4.74 Å². The average Bonchev–Trinajstić information content (AvgIpc) is 2.12. The summed E-state index contributed by atoms with van der Waals surface area (Å²) in [7, 11) is 0. The minimum Gasteiger partial charge on any atom is -0.495 e. The maximum absolute atomic E-state index is 5.75. The number of hydrogen-bond donors (Lipinski definition) is 0. The lowest BCUT2D eigenvalue weighted by atomic mass is 10.1. The molecule has 0 heterocycles. The smallest absolute Gasteiger partial charge is 0.0979 e.